The number of allylic oxidation sites excluding steroid dienone is 2. The van der Waals surface area contributed by atoms with Crippen molar-refractivity contribution >= 4 is 11.7 Å². The van der Waals surface area contributed by atoms with Gasteiger partial charge in [0, 0.05) is 17.9 Å². The quantitative estimate of drug-likeness (QED) is 0.553. The van der Waals surface area contributed by atoms with Crippen LogP contribution in [0.25, 0.3) is 0 Å². The number of ketones is 1. The first-order valence-corrected chi connectivity index (χ1v) is 12.0. The zero-order valence-corrected chi connectivity index (χ0v) is 19.8. The number of rotatable bonds is 2. The highest BCUT2D eigenvalue weighted by molar-refractivity contribution is 6.04. The highest BCUT2D eigenvalue weighted by Gasteiger charge is 2.65. The SMILES string of the molecule is CCC12C=C(C)[C@@H]3[C@H](C)[C@H]([C@H]4CC[C@@H](O)[C@@H](C)O4)C4=CC(=O)C=C(O1)C43NC(=O)/C(C)=C\2O. The zero-order valence-electron chi connectivity index (χ0n) is 19.8. The van der Waals surface area contributed by atoms with Crippen LogP contribution in [0.15, 0.2) is 46.5 Å². The molecule has 3 heterocycles. The summed E-state index contributed by atoms with van der Waals surface area (Å²) in [6.07, 6.45) is 5.75. The molecule has 2 aliphatic carbocycles. The van der Waals surface area contributed by atoms with Crippen LogP contribution in [0.3, 0.4) is 0 Å². The number of amides is 1. The number of hydrogen-bond donors (Lipinski definition) is 3. The molecule has 8 atom stereocenters. The molecule has 3 N–H and O–H groups in total. The molecule has 1 saturated carbocycles. The second kappa shape index (κ2) is 7.31. The smallest absolute Gasteiger partial charge is 0.251 e. The Morgan fingerprint density at radius 1 is 1.18 bits per heavy atom. The molecular weight excluding hydrogens is 422 g/mol. The number of carbonyl (C=O) groups is 2. The lowest BCUT2D eigenvalue weighted by molar-refractivity contribution is -0.127. The fourth-order valence-corrected chi connectivity index (χ4v) is 7.00. The van der Waals surface area contributed by atoms with Gasteiger partial charge in [-0.25, -0.2) is 0 Å². The lowest BCUT2D eigenvalue weighted by atomic mass is 9.74. The fraction of sp³-hybridized carbons (Fsp3) is 0.615. The van der Waals surface area contributed by atoms with E-state index >= 15 is 0 Å². The summed E-state index contributed by atoms with van der Waals surface area (Å²) in [5.74, 6) is -0.581. The minimum atomic E-state index is -1.20. The Bertz CT molecular complexity index is 1050. The van der Waals surface area contributed by atoms with E-state index in [0.717, 1.165) is 11.1 Å². The lowest BCUT2D eigenvalue weighted by Crippen LogP contribution is -2.58. The van der Waals surface area contributed by atoms with Gasteiger partial charge in [0.1, 0.15) is 17.1 Å². The number of aliphatic hydroxyl groups excluding tert-OH is 2. The van der Waals surface area contributed by atoms with Crippen molar-refractivity contribution in [1.29, 1.82) is 0 Å². The Kier molecular flexibility index (Phi) is 4.96. The lowest BCUT2D eigenvalue weighted by Gasteiger charge is -2.44. The average Bonchev–Trinajstić information content (AvgIpc) is 2.95. The first-order chi connectivity index (χ1) is 15.6. The van der Waals surface area contributed by atoms with E-state index in [2.05, 4.69) is 12.2 Å². The average molecular weight is 456 g/mol. The van der Waals surface area contributed by atoms with Crippen molar-refractivity contribution in [1.82, 2.24) is 5.32 Å². The molecule has 7 nitrogen and oxygen atoms in total. The molecular formula is C26H33NO6. The van der Waals surface area contributed by atoms with Crippen LogP contribution in [0.2, 0.25) is 0 Å². The maximum absolute atomic E-state index is 13.4. The molecule has 1 saturated heterocycles. The number of hydrogen-bond acceptors (Lipinski definition) is 6. The zero-order chi connectivity index (χ0) is 23.9. The second-order valence-electron chi connectivity index (χ2n) is 10.4. The third kappa shape index (κ3) is 2.88. The first kappa shape index (κ1) is 22.4. The van der Waals surface area contributed by atoms with Crippen LogP contribution in [-0.2, 0) is 19.1 Å². The van der Waals surface area contributed by atoms with E-state index in [1.54, 1.807) is 13.0 Å². The first-order valence-electron chi connectivity index (χ1n) is 12.0. The molecule has 178 valence electrons. The molecule has 0 aromatic carbocycles. The molecule has 5 rings (SSSR count). The Morgan fingerprint density at radius 2 is 1.91 bits per heavy atom. The van der Waals surface area contributed by atoms with E-state index < -0.39 is 17.2 Å². The third-order valence-corrected chi connectivity index (χ3v) is 8.59. The van der Waals surface area contributed by atoms with Gasteiger partial charge in [-0.15, -0.1) is 0 Å². The summed E-state index contributed by atoms with van der Waals surface area (Å²) in [5, 5.41) is 24.5. The number of aliphatic hydroxyl groups is 2. The summed E-state index contributed by atoms with van der Waals surface area (Å²) in [5.41, 5.74) is -0.197. The minimum Gasteiger partial charge on any atom is -0.507 e. The van der Waals surface area contributed by atoms with Gasteiger partial charge in [-0.2, -0.15) is 0 Å². The van der Waals surface area contributed by atoms with Crippen LogP contribution in [0.1, 0.15) is 53.9 Å². The van der Waals surface area contributed by atoms with E-state index in [0.29, 0.717) is 25.0 Å². The second-order valence-corrected chi connectivity index (χ2v) is 10.4. The Balaban J connectivity index is 1.74. The van der Waals surface area contributed by atoms with Gasteiger partial charge in [0.2, 0.25) is 0 Å². The fourth-order valence-electron chi connectivity index (χ4n) is 7.00. The normalized spacial score (nSPS) is 46.8. The van der Waals surface area contributed by atoms with Crippen molar-refractivity contribution in [2.24, 2.45) is 17.8 Å². The predicted octanol–water partition coefficient (Wildman–Crippen LogP) is 3.02. The van der Waals surface area contributed by atoms with Crippen molar-refractivity contribution in [3.8, 4) is 0 Å². The summed E-state index contributed by atoms with van der Waals surface area (Å²) in [6, 6.07) is 0. The van der Waals surface area contributed by atoms with Gasteiger partial charge < -0.3 is 25.0 Å². The van der Waals surface area contributed by atoms with E-state index in [1.807, 2.05) is 26.8 Å². The number of carbonyl (C=O) groups excluding carboxylic acids is 2. The van der Waals surface area contributed by atoms with Crippen molar-refractivity contribution in [2.45, 2.75) is 83.3 Å². The van der Waals surface area contributed by atoms with Gasteiger partial charge in [0.25, 0.3) is 5.91 Å². The van der Waals surface area contributed by atoms with Crippen molar-refractivity contribution in [2.75, 3.05) is 0 Å². The maximum atomic E-state index is 13.4. The minimum absolute atomic E-state index is 0.0198. The Morgan fingerprint density at radius 3 is 2.58 bits per heavy atom. The monoisotopic (exact) mass is 455 g/mol. The summed E-state index contributed by atoms with van der Waals surface area (Å²) in [4.78, 5) is 26.3. The van der Waals surface area contributed by atoms with Crippen LogP contribution in [0.5, 0.6) is 0 Å². The summed E-state index contributed by atoms with van der Waals surface area (Å²) < 4.78 is 12.8. The largest absolute Gasteiger partial charge is 0.507 e. The molecule has 0 aromatic heterocycles. The standard InChI is InChI=1S/C26H33NO6/c1-6-25-11-12(2)22-13(3)21(19-8-7-18(29)15(5)32-19)17-9-16(28)10-20(33-25)26(17,22)27-24(31)14(4)23(25)30/h9-11,13,15,18-19,21-22,29-30H,6-8H2,1-5H3,(H,27,31)/b23-14+/t13-,15-,18-,19-,21+,22-,25?,26?/m1/s1. The molecule has 0 radical (unpaired) electrons. The Hall–Kier alpha value is -2.38. The molecule has 33 heavy (non-hydrogen) atoms. The molecule has 2 unspecified atom stereocenters. The molecule has 7 heteroatoms. The van der Waals surface area contributed by atoms with Crippen LogP contribution >= 0.6 is 0 Å². The van der Waals surface area contributed by atoms with Crippen LogP contribution in [-0.4, -0.2) is 51.4 Å². The van der Waals surface area contributed by atoms with E-state index in [-0.39, 0.29) is 53.0 Å². The van der Waals surface area contributed by atoms with Crippen LogP contribution in [0.4, 0.5) is 0 Å². The number of nitrogens with one attached hydrogen (secondary N) is 1. The van der Waals surface area contributed by atoms with E-state index in [9.17, 15) is 19.8 Å². The molecule has 2 bridgehead atoms. The molecule has 2 fully saturated rings. The van der Waals surface area contributed by atoms with Gasteiger partial charge >= 0.3 is 0 Å². The van der Waals surface area contributed by atoms with E-state index in [4.69, 9.17) is 9.47 Å². The maximum Gasteiger partial charge on any atom is 0.251 e. The molecule has 5 aliphatic rings. The summed E-state index contributed by atoms with van der Waals surface area (Å²) in [7, 11) is 0. The Labute approximate surface area is 194 Å². The van der Waals surface area contributed by atoms with Gasteiger partial charge in [-0.1, -0.05) is 19.4 Å². The molecule has 1 amide bonds. The highest BCUT2D eigenvalue weighted by Crippen LogP contribution is 2.61. The number of ether oxygens (including phenoxy) is 2. The third-order valence-electron chi connectivity index (χ3n) is 8.59. The predicted molar refractivity (Wildman–Crippen MR) is 121 cm³/mol. The molecule has 3 aliphatic heterocycles. The van der Waals surface area contributed by atoms with Gasteiger partial charge in [-0.3, -0.25) is 9.59 Å². The summed E-state index contributed by atoms with van der Waals surface area (Å²) >= 11 is 0. The molecule has 0 aromatic rings. The van der Waals surface area contributed by atoms with Gasteiger partial charge in [0.15, 0.2) is 11.4 Å². The highest BCUT2D eigenvalue weighted by atomic mass is 16.5. The van der Waals surface area contributed by atoms with Crippen molar-refractivity contribution < 1.29 is 29.3 Å². The van der Waals surface area contributed by atoms with Crippen LogP contribution in [0, 0.1) is 17.8 Å². The molecule has 1 spiro atoms. The topological polar surface area (TPSA) is 105 Å². The van der Waals surface area contributed by atoms with Crippen molar-refractivity contribution in [3.05, 3.63) is 46.5 Å². The van der Waals surface area contributed by atoms with Crippen LogP contribution < -0.4 is 5.32 Å². The van der Waals surface area contributed by atoms with Gasteiger partial charge in [-0.05, 0) is 63.7 Å². The van der Waals surface area contributed by atoms with Gasteiger partial charge in [0.05, 0.1) is 23.9 Å². The number of fused-ring (bicyclic) bond motifs is 1. The van der Waals surface area contributed by atoms with E-state index in [1.165, 1.54) is 6.08 Å². The summed E-state index contributed by atoms with van der Waals surface area (Å²) in [6.45, 7) is 9.53. The van der Waals surface area contributed by atoms with Crippen molar-refractivity contribution in [3.63, 3.8) is 0 Å².